The number of nitrogen functional groups attached to an aromatic ring is 1. The van der Waals surface area contributed by atoms with Crippen LogP contribution in [-0.2, 0) is 17.6 Å². The molecule has 8 heteroatoms. The molecule has 0 aliphatic carbocycles. The molecule has 0 spiro atoms. The highest BCUT2D eigenvalue weighted by atomic mass is 19.4. The molecule has 0 radical (unpaired) electrons. The van der Waals surface area contributed by atoms with E-state index in [-0.39, 0.29) is 13.0 Å². The fourth-order valence-electron chi connectivity index (χ4n) is 2.40. The van der Waals surface area contributed by atoms with Gasteiger partial charge in [0.2, 0.25) is 0 Å². The Labute approximate surface area is 144 Å². The van der Waals surface area contributed by atoms with Crippen molar-refractivity contribution in [1.82, 2.24) is 15.1 Å². The van der Waals surface area contributed by atoms with E-state index in [1.54, 1.807) is 22.9 Å². The Morgan fingerprint density at radius 2 is 2.04 bits per heavy atom. The number of nitrogens with two attached hydrogens (primary N) is 1. The van der Waals surface area contributed by atoms with Gasteiger partial charge in [0.05, 0.1) is 11.4 Å². The molecule has 1 aromatic carbocycles. The molecule has 0 saturated heterocycles. The Kier molecular flexibility index (Phi) is 6.06. The summed E-state index contributed by atoms with van der Waals surface area (Å²) in [4.78, 5) is 10.8. The van der Waals surface area contributed by atoms with Gasteiger partial charge in [-0.2, -0.15) is 18.3 Å². The second kappa shape index (κ2) is 8.04. The van der Waals surface area contributed by atoms with Crippen LogP contribution < -0.4 is 11.1 Å². The van der Waals surface area contributed by atoms with Crippen molar-refractivity contribution >= 4 is 11.7 Å². The van der Waals surface area contributed by atoms with Gasteiger partial charge in [0.1, 0.15) is 5.82 Å². The molecular weight excluding hydrogens is 333 g/mol. The number of halogens is 3. The Morgan fingerprint density at radius 1 is 1.28 bits per heavy atom. The Balaban J connectivity index is 2.04. The summed E-state index contributed by atoms with van der Waals surface area (Å²) in [5, 5.41) is 6.33. The molecule has 2 aromatic rings. The van der Waals surface area contributed by atoms with Crippen LogP contribution in [-0.4, -0.2) is 28.4 Å². The lowest BCUT2D eigenvalue weighted by Gasteiger charge is -2.09. The molecular formula is C17H21F3N4O. The smallest absolute Gasteiger partial charge is 0.384 e. The fraction of sp³-hybridized carbons (Fsp3) is 0.412. The van der Waals surface area contributed by atoms with Crippen molar-refractivity contribution < 1.29 is 18.0 Å². The van der Waals surface area contributed by atoms with Crippen LogP contribution in [0, 0.1) is 0 Å². The molecule has 0 unspecified atom stereocenters. The Hall–Kier alpha value is -2.51. The summed E-state index contributed by atoms with van der Waals surface area (Å²) < 4.78 is 38.1. The van der Waals surface area contributed by atoms with Crippen LogP contribution in [0.5, 0.6) is 0 Å². The van der Waals surface area contributed by atoms with Gasteiger partial charge in [-0.3, -0.25) is 4.79 Å². The number of anilines is 1. The van der Waals surface area contributed by atoms with Crippen molar-refractivity contribution in [3.05, 3.63) is 41.6 Å². The summed E-state index contributed by atoms with van der Waals surface area (Å²) in [7, 11) is 0. The van der Waals surface area contributed by atoms with Gasteiger partial charge in [-0.15, -0.1) is 0 Å². The minimum absolute atomic E-state index is 0.0991. The largest absolute Gasteiger partial charge is 0.471 e. The number of nitrogens with zero attached hydrogens (tertiary/aromatic N) is 2. The third kappa shape index (κ3) is 5.23. The third-order valence-electron chi connectivity index (χ3n) is 3.69. The van der Waals surface area contributed by atoms with Crippen molar-refractivity contribution in [2.75, 3.05) is 12.3 Å². The number of alkyl halides is 3. The van der Waals surface area contributed by atoms with Crippen LogP contribution >= 0.6 is 0 Å². The Bertz CT molecular complexity index is 725. The second-order valence-corrected chi connectivity index (χ2v) is 5.75. The first-order chi connectivity index (χ1) is 11.8. The molecule has 136 valence electrons. The molecule has 0 bridgehead atoms. The normalized spacial score (nSPS) is 11.5. The number of hydrogen-bond donors (Lipinski definition) is 2. The molecule has 0 fully saturated rings. The molecule has 0 atom stereocenters. The van der Waals surface area contributed by atoms with E-state index in [4.69, 9.17) is 5.73 Å². The molecule has 1 aromatic heterocycles. The third-order valence-corrected chi connectivity index (χ3v) is 3.69. The summed E-state index contributed by atoms with van der Waals surface area (Å²) >= 11 is 0. The number of carbonyl (C=O) groups is 1. The molecule has 1 heterocycles. The van der Waals surface area contributed by atoms with E-state index in [0.717, 1.165) is 36.2 Å². The van der Waals surface area contributed by atoms with Crippen molar-refractivity contribution in [2.24, 2.45) is 0 Å². The number of carbonyl (C=O) groups excluding carboxylic acids is 1. The summed E-state index contributed by atoms with van der Waals surface area (Å²) in [5.41, 5.74) is 8.42. The lowest BCUT2D eigenvalue weighted by Crippen LogP contribution is -2.37. The topological polar surface area (TPSA) is 72.9 Å². The van der Waals surface area contributed by atoms with E-state index in [9.17, 15) is 18.0 Å². The number of benzene rings is 1. The lowest BCUT2D eigenvalue weighted by molar-refractivity contribution is -0.173. The number of aromatic nitrogens is 2. The van der Waals surface area contributed by atoms with Crippen molar-refractivity contribution in [3.8, 4) is 5.69 Å². The molecule has 5 nitrogen and oxygen atoms in total. The number of amides is 1. The van der Waals surface area contributed by atoms with Gasteiger partial charge in [0.15, 0.2) is 0 Å². The van der Waals surface area contributed by atoms with Crippen LogP contribution in [0.15, 0.2) is 30.3 Å². The highest BCUT2D eigenvalue weighted by molar-refractivity contribution is 5.81. The first-order valence-corrected chi connectivity index (χ1v) is 8.10. The van der Waals surface area contributed by atoms with Gasteiger partial charge in [-0.1, -0.05) is 25.5 Å². The van der Waals surface area contributed by atoms with E-state index >= 15 is 0 Å². The number of rotatable bonds is 7. The Morgan fingerprint density at radius 3 is 2.72 bits per heavy atom. The van der Waals surface area contributed by atoms with Crippen LogP contribution in [0.1, 0.15) is 31.0 Å². The summed E-state index contributed by atoms with van der Waals surface area (Å²) in [6.07, 6.45) is -1.65. The quantitative estimate of drug-likeness (QED) is 0.803. The first kappa shape index (κ1) is 18.8. The molecule has 3 N–H and O–H groups in total. The van der Waals surface area contributed by atoms with Gasteiger partial charge in [-0.05, 0) is 37.0 Å². The van der Waals surface area contributed by atoms with Gasteiger partial charge in [-0.25, -0.2) is 4.68 Å². The summed E-state index contributed by atoms with van der Waals surface area (Å²) in [6, 6.07) is 9.01. The average Bonchev–Trinajstić information content (AvgIpc) is 2.93. The van der Waals surface area contributed by atoms with Crippen molar-refractivity contribution in [1.29, 1.82) is 0 Å². The number of aryl methyl sites for hydroxylation is 1. The van der Waals surface area contributed by atoms with Gasteiger partial charge < -0.3 is 11.1 Å². The van der Waals surface area contributed by atoms with E-state index in [0.29, 0.717) is 5.82 Å². The molecule has 25 heavy (non-hydrogen) atoms. The van der Waals surface area contributed by atoms with Crippen LogP contribution in [0.3, 0.4) is 0 Å². The minimum atomic E-state index is -4.86. The van der Waals surface area contributed by atoms with E-state index in [1.165, 1.54) is 0 Å². The predicted molar refractivity (Wildman–Crippen MR) is 89.4 cm³/mol. The average molecular weight is 354 g/mol. The monoisotopic (exact) mass is 354 g/mol. The molecule has 1 amide bonds. The maximum absolute atomic E-state index is 12.2. The second-order valence-electron chi connectivity index (χ2n) is 5.75. The summed E-state index contributed by atoms with van der Waals surface area (Å²) in [6.45, 7) is 2.00. The molecule has 2 rings (SSSR count). The van der Waals surface area contributed by atoms with Crippen molar-refractivity contribution in [2.45, 2.75) is 38.8 Å². The van der Waals surface area contributed by atoms with Gasteiger partial charge in [0, 0.05) is 12.6 Å². The summed E-state index contributed by atoms with van der Waals surface area (Å²) in [5.74, 6) is -1.42. The SMILES string of the molecule is CCCCc1cc(N)n(-c2cccc(CCNC(=O)C(F)(F)F)c2)n1. The van der Waals surface area contributed by atoms with Crippen LogP contribution in [0.2, 0.25) is 0 Å². The predicted octanol–water partition coefficient (Wildman–Crippen LogP) is 3.02. The number of unbranched alkanes of at least 4 members (excludes halogenated alkanes) is 1. The molecule has 0 aliphatic rings. The van der Waals surface area contributed by atoms with Crippen LogP contribution in [0.4, 0.5) is 19.0 Å². The minimum Gasteiger partial charge on any atom is -0.384 e. The van der Waals surface area contributed by atoms with Gasteiger partial charge >= 0.3 is 12.1 Å². The number of nitrogens with one attached hydrogen (secondary N) is 1. The fourth-order valence-corrected chi connectivity index (χ4v) is 2.40. The number of hydrogen-bond acceptors (Lipinski definition) is 3. The van der Waals surface area contributed by atoms with Crippen molar-refractivity contribution in [3.63, 3.8) is 0 Å². The maximum atomic E-state index is 12.2. The highest BCUT2D eigenvalue weighted by Gasteiger charge is 2.38. The standard InChI is InChI=1S/C17H21F3N4O/c1-2-3-6-13-11-15(21)24(23-13)14-7-4-5-12(10-14)8-9-22-16(25)17(18,19)20/h4-5,7,10-11H,2-3,6,8-9,21H2,1H3,(H,22,25). The van der Waals surface area contributed by atoms with E-state index in [2.05, 4.69) is 12.0 Å². The molecule has 0 saturated carbocycles. The van der Waals surface area contributed by atoms with Gasteiger partial charge in [0.25, 0.3) is 0 Å². The maximum Gasteiger partial charge on any atom is 0.471 e. The zero-order valence-corrected chi connectivity index (χ0v) is 13.9. The van der Waals surface area contributed by atoms with E-state index < -0.39 is 12.1 Å². The zero-order chi connectivity index (χ0) is 18.4. The highest BCUT2D eigenvalue weighted by Crippen LogP contribution is 2.18. The first-order valence-electron chi connectivity index (χ1n) is 8.10. The lowest BCUT2D eigenvalue weighted by atomic mass is 10.1. The van der Waals surface area contributed by atoms with Crippen LogP contribution in [0.25, 0.3) is 5.69 Å². The van der Waals surface area contributed by atoms with E-state index in [1.807, 2.05) is 17.4 Å². The molecule has 0 aliphatic heterocycles. The zero-order valence-electron chi connectivity index (χ0n) is 13.9.